The van der Waals surface area contributed by atoms with E-state index in [0.29, 0.717) is 11.6 Å². The van der Waals surface area contributed by atoms with E-state index in [1.54, 1.807) is 6.07 Å². The summed E-state index contributed by atoms with van der Waals surface area (Å²) in [5.74, 6) is -0.313. The van der Waals surface area contributed by atoms with E-state index in [0.717, 1.165) is 18.5 Å². The van der Waals surface area contributed by atoms with Crippen molar-refractivity contribution < 1.29 is 9.53 Å². The molecule has 18 heavy (non-hydrogen) atoms. The van der Waals surface area contributed by atoms with Gasteiger partial charge in [-0.3, -0.25) is 0 Å². The van der Waals surface area contributed by atoms with Gasteiger partial charge in [0.25, 0.3) is 0 Å². The van der Waals surface area contributed by atoms with Crippen LogP contribution in [-0.4, -0.2) is 25.2 Å². The van der Waals surface area contributed by atoms with E-state index < -0.39 is 0 Å². The molecule has 2 atom stereocenters. The molecule has 1 saturated carbocycles. The van der Waals surface area contributed by atoms with Crippen molar-refractivity contribution in [3.8, 4) is 0 Å². The molecule has 1 aromatic carbocycles. The zero-order valence-electron chi connectivity index (χ0n) is 10.7. The number of esters is 1. The van der Waals surface area contributed by atoms with Gasteiger partial charge in [0.1, 0.15) is 0 Å². The molecular formula is C14H20N2O2. The van der Waals surface area contributed by atoms with Gasteiger partial charge in [-0.1, -0.05) is 18.9 Å². The molecule has 98 valence electrons. The van der Waals surface area contributed by atoms with Gasteiger partial charge in [-0.15, -0.1) is 0 Å². The minimum Gasteiger partial charge on any atom is -0.465 e. The molecule has 0 bridgehead atoms. The van der Waals surface area contributed by atoms with Crippen molar-refractivity contribution in [2.24, 2.45) is 5.73 Å². The van der Waals surface area contributed by atoms with Crippen LogP contribution in [0.4, 0.5) is 5.69 Å². The summed E-state index contributed by atoms with van der Waals surface area (Å²) >= 11 is 0. The highest BCUT2D eigenvalue weighted by molar-refractivity contribution is 5.90. The summed E-state index contributed by atoms with van der Waals surface area (Å²) < 4.78 is 4.71. The number of rotatable bonds is 3. The number of nitrogens with one attached hydrogen (secondary N) is 1. The van der Waals surface area contributed by atoms with Crippen LogP contribution in [0.3, 0.4) is 0 Å². The van der Waals surface area contributed by atoms with Crippen LogP contribution in [0.1, 0.15) is 36.0 Å². The number of methoxy groups -OCH3 is 1. The molecule has 0 aliphatic heterocycles. The smallest absolute Gasteiger partial charge is 0.337 e. The Morgan fingerprint density at radius 1 is 1.39 bits per heavy atom. The minimum absolute atomic E-state index is 0.195. The predicted molar refractivity (Wildman–Crippen MR) is 71.6 cm³/mol. The lowest BCUT2D eigenvalue weighted by Crippen LogP contribution is -2.42. The molecule has 3 N–H and O–H groups in total. The number of benzene rings is 1. The fourth-order valence-electron chi connectivity index (χ4n) is 2.41. The molecule has 2 rings (SSSR count). The maximum absolute atomic E-state index is 11.4. The fourth-order valence-corrected chi connectivity index (χ4v) is 2.41. The monoisotopic (exact) mass is 248 g/mol. The average Bonchev–Trinajstić information content (AvgIpc) is 2.41. The van der Waals surface area contributed by atoms with E-state index in [2.05, 4.69) is 5.32 Å². The van der Waals surface area contributed by atoms with Gasteiger partial charge in [-0.05, 0) is 31.0 Å². The second kappa shape index (κ2) is 5.87. The highest BCUT2D eigenvalue weighted by Gasteiger charge is 2.21. The summed E-state index contributed by atoms with van der Waals surface area (Å²) in [6.07, 6.45) is 4.57. The number of anilines is 1. The van der Waals surface area contributed by atoms with Crippen LogP contribution in [0, 0.1) is 0 Å². The summed E-state index contributed by atoms with van der Waals surface area (Å²) in [4.78, 5) is 11.4. The summed E-state index contributed by atoms with van der Waals surface area (Å²) in [7, 11) is 1.39. The largest absolute Gasteiger partial charge is 0.465 e. The van der Waals surface area contributed by atoms with Gasteiger partial charge in [-0.25, -0.2) is 4.79 Å². The van der Waals surface area contributed by atoms with Crippen LogP contribution in [0.5, 0.6) is 0 Å². The van der Waals surface area contributed by atoms with Gasteiger partial charge in [0.05, 0.1) is 12.7 Å². The highest BCUT2D eigenvalue weighted by atomic mass is 16.5. The number of nitrogens with two attached hydrogens (primary N) is 1. The lowest BCUT2D eigenvalue weighted by atomic mass is 9.91. The quantitative estimate of drug-likeness (QED) is 0.804. The Morgan fingerprint density at radius 2 is 2.17 bits per heavy atom. The molecule has 0 spiro atoms. The second-order valence-electron chi connectivity index (χ2n) is 4.77. The van der Waals surface area contributed by atoms with Gasteiger partial charge < -0.3 is 15.8 Å². The van der Waals surface area contributed by atoms with E-state index in [1.165, 1.54) is 20.0 Å². The fraction of sp³-hybridized carbons (Fsp3) is 0.500. The highest BCUT2D eigenvalue weighted by Crippen LogP contribution is 2.21. The Labute approximate surface area is 108 Å². The Kier molecular flexibility index (Phi) is 4.20. The lowest BCUT2D eigenvalue weighted by molar-refractivity contribution is 0.0601. The zero-order chi connectivity index (χ0) is 13.0. The Balaban J connectivity index is 2.06. The summed E-state index contributed by atoms with van der Waals surface area (Å²) in [5, 5.41) is 3.42. The van der Waals surface area contributed by atoms with E-state index in [-0.39, 0.29) is 12.0 Å². The van der Waals surface area contributed by atoms with Crippen molar-refractivity contribution in [2.75, 3.05) is 12.4 Å². The lowest BCUT2D eigenvalue weighted by Gasteiger charge is -2.30. The number of hydrogen-bond donors (Lipinski definition) is 2. The zero-order valence-corrected chi connectivity index (χ0v) is 10.7. The third kappa shape index (κ3) is 3.01. The third-order valence-electron chi connectivity index (χ3n) is 3.46. The molecule has 0 saturated heterocycles. The SMILES string of the molecule is COC(=O)c1cccc(NC2CCCCC2N)c1. The van der Waals surface area contributed by atoms with E-state index in [1.807, 2.05) is 18.2 Å². The van der Waals surface area contributed by atoms with Crippen molar-refractivity contribution in [3.63, 3.8) is 0 Å². The molecule has 1 fully saturated rings. The summed E-state index contributed by atoms with van der Waals surface area (Å²) in [6, 6.07) is 7.86. The van der Waals surface area contributed by atoms with Crippen LogP contribution in [0.2, 0.25) is 0 Å². The van der Waals surface area contributed by atoms with Crippen molar-refractivity contribution in [1.82, 2.24) is 0 Å². The van der Waals surface area contributed by atoms with Crippen LogP contribution < -0.4 is 11.1 Å². The molecule has 1 aliphatic carbocycles. The maximum Gasteiger partial charge on any atom is 0.337 e. The van der Waals surface area contributed by atoms with Crippen LogP contribution in [0.15, 0.2) is 24.3 Å². The van der Waals surface area contributed by atoms with Crippen molar-refractivity contribution in [3.05, 3.63) is 29.8 Å². The number of carbonyl (C=O) groups excluding carboxylic acids is 1. The van der Waals surface area contributed by atoms with Crippen molar-refractivity contribution >= 4 is 11.7 Å². The third-order valence-corrected chi connectivity index (χ3v) is 3.46. The average molecular weight is 248 g/mol. The maximum atomic E-state index is 11.4. The topological polar surface area (TPSA) is 64.3 Å². The van der Waals surface area contributed by atoms with Crippen molar-refractivity contribution in [2.45, 2.75) is 37.8 Å². The first-order chi connectivity index (χ1) is 8.70. The Hall–Kier alpha value is -1.55. The normalized spacial score (nSPS) is 23.4. The van der Waals surface area contributed by atoms with Gasteiger partial charge in [0, 0.05) is 17.8 Å². The molecule has 0 heterocycles. The number of hydrogen-bond acceptors (Lipinski definition) is 4. The first kappa shape index (κ1) is 12.9. The second-order valence-corrected chi connectivity index (χ2v) is 4.77. The Bertz CT molecular complexity index is 420. The molecule has 2 unspecified atom stereocenters. The first-order valence-electron chi connectivity index (χ1n) is 6.41. The molecule has 1 aliphatic rings. The van der Waals surface area contributed by atoms with E-state index in [9.17, 15) is 4.79 Å². The van der Waals surface area contributed by atoms with E-state index in [4.69, 9.17) is 10.5 Å². The molecule has 0 aromatic heterocycles. The Morgan fingerprint density at radius 3 is 2.89 bits per heavy atom. The molecular weight excluding hydrogens is 228 g/mol. The standard InChI is InChI=1S/C14H20N2O2/c1-18-14(17)10-5-4-6-11(9-10)16-13-8-3-2-7-12(13)15/h4-6,9,12-13,16H,2-3,7-8,15H2,1H3. The molecule has 4 heteroatoms. The van der Waals surface area contributed by atoms with Gasteiger partial charge in [0.2, 0.25) is 0 Å². The van der Waals surface area contributed by atoms with Crippen LogP contribution >= 0.6 is 0 Å². The molecule has 1 aromatic rings. The summed E-state index contributed by atoms with van der Waals surface area (Å²) in [6.45, 7) is 0. The van der Waals surface area contributed by atoms with Gasteiger partial charge in [-0.2, -0.15) is 0 Å². The first-order valence-corrected chi connectivity index (χ1v) is 6.41. The summed E-state index contributed by atoms with van der Waals surface area (Å²) in [5.41, 5.74) is 7.59. The van der Waals surface area contributed by atoms with Gasteiger partial charge >= 0.3 is 5.97 Å². The molecule has 0 amide bonds. The van der Waals surface area contributed by atoms with Gasteiger partial charge in [0.15, 0.2) is 0 Å². The number of ether oxygens (including phenoxy) is 1. The predicted octanol–water partition coefficient (Wildman–Crippen LogP) is 2.16. The van der Waals surface area contributed by atoms with E-state index >= 15 is 0 Å². The molecule has 0 radical (unpaired) electrons. The van der Waals surface area contributed by atoms with Crippen LogP contribution in [0.25, 0.3) is 0 Å². The van der Waals surface area contributed by atoms with Crippen molar-refractivity contribution in [1.29, 1.82) is 0 Å². The molecule has 4 nitrogen and oxygen atoms in total. The minimum atomic E-state index is -0.313. The van der Waals surface area contributed by atoms with Crippen LogP contribution in [-0.2, 0) is 4.74 Å². The number of carbonyl (C=O) groups is 1.